The van der Waals surface area contributed by atoms with Gasteiger partial charge in [0.2, 0.25) is 0 Å². The summed E-state index contributed by atoms with van der Waals surface area (Å²) in [5.74, 6) is 0.268. The van der Waals surface area contributed by atoms with Gasteiger partial charge >= 0.3 is 7.12 Å². The Balaban J connectivity index is 2.14. The zero-order valence-electron chi connectivity index (χ0n) is 12.1. The quantitative estimate of drug-likeness (QED) is 0.622. The van der Waals surface area contributed by atoms with Gasteiger partial charge < -0.3 is 13.7 Å². The van der Waals surface area contributed by atoms with Crippen molar-refractivity contribution < 1.29 is 18.5 Å². The van der Waals surface area contributed by atoms with E-state index in [-0.39, 0.29) is 5.76 Å². The van der Waals surface area contributed by atoms with Crippen LogP contribution in [-0.2, 0) is 9.31 Å². The van der Waals surface area contributed by atoms with Crippen LogP contribution in [0.1, 0.15) is 38.2 Å². The van der Waals surface area contributed by atoms with Crippen LogP contribution in [-0.4, -0.2) is 24.6 Å². The molecule has 2 aromatic rings. The first-order valence-corrected chi connectivity index (χ1v) is 6.68. The van der Waals surface area contributed by atoms with Gasteiger partial charge in [-0.15, -0.1) is 0 Å². The van der Waals surface area contributed by atoms with Crippen LogP contribution in [0.5, 0.6) is 0 Å². The minimum Gasteiger partial charge on any atom is -0.454 e. The number of carbonyl (C=O) groups excluding carboxylic acids is 1. The number of para-hydroxylation sites is 1. The van der Waals surface area contributed by atoms with E-state index in [2.05, 4.69) is 0 Å². The van der Waals surface area contributed by atoms with Crippen molar-refractivity contribution in [2.24, 2.45) is 0 Å². The second kappa shape index (κ2) is 4.20. The second-order valence-electron chi connectivity index (χ2n) is 6.08. The lowest BCUT2D eigenvalue weighted by Crippen LogP contribution is -2.41. The summed E-state index contributed by atoms with van der Waals surface area (Å²) >= 11 is 0. The molecule has 20 heavy (non-hydrogen) atoms. The van der Waals surface area contributed by atoms with Crippen molar-refractivity contribution in [2.45, 2.75) is 38.9 Å². The molecule has 2 heterocycles. The third kappa shape index (κ3) is 1.81. The molecule has 1 fully saturated rings. The highest BCUT2D eigenvalue weighted by Gasteiger charge is 2.53. The molecule has 1 saturated heterocycles. The standard InChI is InChI=1S/C15H17BO4/c1-14(2)15(3,4)20-16(19-14)13-10-7-5-6-8-11(10)18-12(13)9-17/h5-9H,1-4H3. The zero-order chi connectivity index (χ0) is 14.5. The van der Waals surface area contributed by atoms with E-state index >= 15 is 0 Å². The Hall–Kier alpha value is -1.59. The minimum atomic E-state index is -0.594. The number of fused-ring (bicyclic) bond motifs is 1. The number of hydrogen-bond donors (Lipinski definition) is 0. The van der Waals surface area contributed by atoms with Gasteiger partial charge in [0.25, 0.3) is 0 Å². The molecular weight excluding hydrogens is 255 g/mol. The van der Waals surface area contributed by atoms with Crippen molar-refractivity contribution in [1.29, 1.82) is 0 Å². The summed E-state index contributed by atoms with van der Waals surface area (Å²) in [5, 5.41) is 0.855. The Morgan fingerprint density at radius 2 is 1.65 bits per heavy atom. The topological polar surface area (TPSA) is 48.7 Å². The number of benzene rings is 1. The minimum absolute atomic E-state index is 0.268. The monoisotopic (exact) mass is 272 g/mol. The van der Waals surface area contributed by atoms with E-state index in [1.54, 1.807) is 0 Å². The van der Waals surface area contributed by atoms with Gasteiger partial charge in [-0.3, -0.25) is 4.79 Å². The number of rotatable bonds is 2. The zero-order valence-corrected chi connectivity index (χ0v) is 12.1. The number of furan rings is 1. The summed E-state index contributed by atoms with van der Waals surface area (Å²) in [6.07, 6.45) is 0.709. The Morgan fingerprint density at radius 3 is 2.25 bits per heavy atom. The predicted molar refractivity (Wildman–Crippen MR) is 77.3 cm³/mol. The third-order valence-electron chi connectivity index (χ3n) is 4.26. The van der Waals surface area contributed by atoms with Gasteiger partial charge in [0.15, 0.2) is 12.0 Å². The van der Waals surface area contributed by atoms with Crippen molar-refractivity contribution in [2.75, 3.05) is 0 Å². The molecule has 1 aliphatic rings. The van der Waals surface area contributed by atoms with E-state index in [0.717, 1.165) is 5.39 Å². The van der Waals surface area contributed by atoms with Gasteiger partial charge in [-0.2, -0.15) is 0 Å². The summed E-state index contributed by atoms with van der Waals surface area (Å²) in [6.45, 7) is 7.93. The van der Waals surface area contributed by atoms with Crippen LogP contribution in [0, 0.1) is 0 Å². The first-order chi connectivity index (χ1) is 9.36. The fourth-order valence-electron chi connectivity index (χ4n) is 2.38. The molecule has 104 valence electrons. The van der Waals surface area contributed by atoms with Crippen LogP contribution in [0.4, 0.5) is 0 Å². The maximum absolute atomic E-state index is 11.3. The number of aldehydes is 1. The van der Waals surface area contributed by atoms with Gasteiger partial charge in [0, 0.05) is 10.8 Å². The molecule has 0 amide bonds. The first kappa shape index (κ1) is 13.4. The molecule has 0 radical (unpaired) electrons. The van der Waals surface area contributed by atoms with Crippen molar-refractivity contribution in [1.82, 2.24) is 0 Å². The highest BCUT2D eigenvalue weighted by atomic mass is 16.7. The molecule has 1 aliphatic heterocycles. The Kier molecular flexibility index (Phi) is 2.82. The maximum Gasteiger partial charge on any atom is 0.499 e. The van der Waals surface area contributed by atoms with Crippen molar-refractivity contribution in [3.8, 4) is 0 Å². The Labute approximate surface area is 118 Å². The average Bonchev–Trinajstić information content (AvgIpc) is 2.84. The van der Waals surface area contributed by atoms with Crippen LogP contribution >= 0.6 is 0 Å². The molecule has 5 heteroatoms. The van der Waals surface area contributed by atoms with E-state index in [1.165, 1.54) is 0 Å². The molecule has 0 spiro atoms. The van der Waals surface area contributed by atoms with Crippen LogP contribution in [0.25, 0.3) is 11.0 Å². The highest BCUT2D eigenvalue weighted by Crippen LogP contribution is 2.37. The van der Waals surface area contributed by atoms with E-state index in [0.29, 0.717) is 17.3 Å². The van der Waals surface area contributed by atoms with E-state index in [4.69, 9.17) is 13.7 Å². The first-order valence-electron chi connectivity index (χ1n) is 6.68. The summed E-state index contributed by atoms with van der Waals surface area (Å²) < 4.78 is 17.6. The third-order valence-corrected chi connectivity index (χ3v) is 4.26. The molecule has 0 atom stereocenters. The summed E-state index contributed by atoms with van der Waals surface area (Å²) in [5.41, 5.74) is 0.445. The number of carbonyl (C=O) groups is 1. The van der Waals surface area contributed by atoms with E-state index < -0.39 is 18.3 Å². The molecule has 0 aliphatic carbocycles. The van der Waals surface area contributed by atoms with Crippen LogP contribution in [0.15, 0.2) is 28.7 Å². The fourth-order valence-corrected chi connectivity index (χ4v) is 2.38. The maximum atomic E-state index is 11.3. The normalized spacial score (nSPS) is 20.5. The van der Waals surface area contributed by atoms with Crippen LogP contribution in [0.2, 0.25) is 0 Å². The summed E-state index contributed by atoms with van der Waals surface area (Å²) in [6, 6.07) is 7.51. The second-order valence-corrected chi connectivity index (χ2v) is 6.08. The van der Waals surface area contributed by atoms with Crippen molar-refractivity contribution >= 4 is 29.8 Å². The lowest BCUT2D eigenvalue weighted by molar-refractivity contribution is 0.00578. The largest absolute Gasteiger partial charge is 0.499 e. The van der Waals surface area contributed by atoms with E-state index in [9.17, 15) is 4.79 Å². The van der Waals surface area contributed by atoms with E-state index in [1.807, 2.05) is 52.0 Å². The van der Waals surface area contributed by atoms with Gasteiger partial charge in [-0.25, -0.2) is 0 Å². The molecule has 0 saturated carbocycles. The van der Waals surface area contributed by atoms with Crippen LogP contribution in [0.3, 0.4) is 0 Å². The van der Waals surface area contributed by atoms with Crippen molar-refractivity contribution in [3.05, 3.63) is 30.0 Å². The predicted octanol–water partition coefficient (Wildman–Crippen LogP) is 2.54. The molecule has 1 aromatic carbocycles. The lowest BCUT2D eigenvalue weighted by Gasteiger charge is -2.32. The molecule has 0 bridgehead atoms. The molecule has 4 nitrogen and oxygen atoms in total. The summed E-state index contributed by atoms with van der Waals surface area (Å²) in [7, 11) is -0.594. The fraction of sp³-hybridized carbons (Fsp3) is 0.400. The smallest absolute Gasteiger partial charge is 0.454 e. The average molecular weight is 272 g/mol. The number of hydrogen-bond acceptors (Lipinski definition) is 4. The Bertz CT molecular complexity index is 656. The molecular formula is C15H17BO4. The van der Waals surface area contributed by atoms with Crippen molar-refractivity contribution in [3.63, 3.8) is 0 Å². The van der Waals surface area contributed by atoms with Gasteiger partial charge in [0.1, 0.15) is 5.58 Å². The molecule has 1 aromatic heterocycles. The highest BCUT2D eigenvalue weighted by molar-refractivity contribution is 6.66. The molecule has 0 unspecified atom stereocenters. The molecule has 0 N–H and O–H groups in total. The van der Waals surface area contributed by atoms with Gasteiger partial charge in [0.05, 0.1) is 11.2 Å². The van der Waals surface area contributed by atoms with Crippen LogP contribution < -0.4 is 5.46 Å². The lowest BCUT2D eigenvalue weighted by atomic mass is 9.77. The summed E-state index contributed by atoms with van der Waals surface area (Å²) in [4.78, 5) is 11.3. The van der Waals surface area contributed by atoms with Gasteiger partial charge in [-0.05, 0) is 33.8 Å². The SMILES string of the molecule is CC1(C)OB(c2c(C=O)oc3ccccc23)OC1(C)C. The van der Waals surface area contributed by atoms with Gasteiger partial charge in [-0.1, -0.05) is 18.2 Å². The Morgan fingerprint density at radius 1 is 1.05 bits per heavy atom. The molecule has 3 rings (SSSR count).